The minimum absolute atomic E-state index is 0.123. The normalized spacial score (nSPS) is 11.1. The Morgan fingerprint density at radius 3 is 2.80 bits per heavy atom. The lowest BCUT2D eigenvalue weighted by Gasteiger charge is -2.01. The second kappa shape index (κ2) is 6.25. The van der Waals surface area contributed by atoms with E-state index in [0.717, 1.165) is 12.0 Å². The lowest BCUT2D eigenvalue weighted by Crippen LogP contribution is -1.85. The van der Waals surface area contributed by atoms with E-state index >= 15 is 0 Å². The average Bonchev–Trinajstić information content (AvgIpc) is 2.26. The number of phenols is 1. The van der Waals surface area contributed by atoms with Gasteiger partial charge in [0.1, 0.15) is 5.75 Å². The van der Waals surface area contributed by atoms with Gasteiger partial charge in [0.2, 0.25) is 0 Å². The number of aliphatic hydroxyl groups excluding tert-OH is 1. The summed E-state index contributed by atoms with van der Waals surface area (Å²) in [6, 6.07) is 5.26. The Morgan fingerprint density at radius 1 is 1.33 bits per heavy atom. The fourth-order valence-corrected chi connectivity index (χ4v) is 1.38. The first-order valence-electron chi connectivity index (χ1n) is 5.37. The molecule has 0 aliphatic carbocycles. The topological polar surface area (TPSA) is 40.5 Å². The average molecular weight is 206 g/mol. The number of aromatic hydroxyl groups is 1. The molecule has 0 aromatic heterocycles. The lowest BCUT2D eigenvalue weighted by molar-refractivity contribution is 0.275. The van der Waals surface area contributed by atoms with E-state index in [-0.39, 0.29) is 12.4 Å². The van der Waals surface area contributed by atoms with E-state index in [1.165, 1.54) is 12.8 Å². The monoisotopic (exact) mass is 206 g/mol. The zero-order chi connectivity index (χ0) is 11.1. The molecule has 0 aliphatic rings. The highest BCUT2D eigenvalue weighted by Crippen LogP contribution is 2.19. The maximum Gasteiger partial charge on any atom is 0.121 e. The van der Waals surface area contributed by atoms with Crippen molar-refractivity contribution in [3.8, 4) is 5.75 Å². The summed E-state index contributed by atoms with van der Waals surface area (Å²) in [6.07, 6.45) is 7.61. The van der Waals surface area contributed by atoms with Gasteiger partial charge in [-0.15, -0.1) is 0 Å². The third kappa shape index (κ3) is 3.76. The van der Waals surface area contributed by atoms with E-state index in [1.807, 2.05) is 12.1 Å². The van der Waals surface area contributed by atoms with E-state index in [4.69, 9.17) is 5.11 Å². The Balaban J connectivity index is 2.65. The number of unbranched alkanes of at least 4 members (excludes halogenated alkanes) is 2. The quantitative estimate of drug-likeness (QED) is 0.727. The Labute approximate surface area is 90.9 Å². The third-order valence-corrected chi connectivity index (χ3v) is 2.31. The minimum Gasteiger partial charge on any atom is -0.508 e. The van der Waals surface area contributed by atoms with Crippen molar-refractivity contribution in [1.82, 2.24) is 0 Å². The molecule has 15 heavy (non-hydrogen) atoms. The molecule has 0 heterocycles. The summed E-state index contributed by atoms with van der Waals surface area (Å²) in [7, 11) is 0. The molecule has 82 valence electrons. The second-order valence-electron chi connectivity index (χ2n) is 3.59. The van der Waals surface area contributed by atoms with Gasteiger partial charge in [-0.25, -0.2) is 0 Å². The fourth-order valence-electron chi connectivity index (χ4n) is 1.38. The maximum absolute atomic E-state index is 9.36. The third-order valence-electron chi connectivity index (χ3n) is 2.31. The van der Waals surface area contributed by atoms with Crippen molar-refractivity contribution in [2.45, 2.75) is 32.8 Å². The van der Waals surface area contributed by atoms with Crippen LogP contribution in [-0.2, 0) is 6.61 Å². The lowest BCUT2D eigenvalue weighted by atomic mass is 10.1. The van der Waals surface area contributed by atoms with Gasteiger partial charge in [-0.1, -0.05) is 38.0 Å². The van der Waals surface area contributed by atoms with Crippen LogP contribution in [0.2, 0.25) is 0 Å². The number of benzene rings is 1. The van der Waals surface area contributed by atoms with Crippen LogP contribution in [0.3, 0.4) is 0 Å². The summed E-state index contributed by atoms with van der Waals surface area (Å²) in [6.45, 7) is 2.04. The van der Waals surface area contributed by atoms with Crippen LogP contribution in [0.15, 0.2) is 24.3 Å². The molecule has 1 aromatic carbocycles. The largest absolute Gasteiger partial charge is 0.508 e. The van der Waals surface area contributed by atoms with Gasteiger partial charge >= 0.3 is 0 Å². The second-order valence-corrected chi connectivity index (χ2v) is 3.59. The van der Waals surface area contributed by atoms with Gasteiger partial charge in [0.15, 0.2) is 0 Å². The number of allylic oxidation sites excluding steroid dienone is 1. The van der Waals surface area contributed by atoms with Crippen LogP contribution in [0.25, 0.3) is 6.08 Å². The van der Waals surface area contributed by atoms with E-state index in [0.29, 0.717) is 5.56 Å². The Hall–Kier alpha value is -1.28. The van der Waals surface area contributed by atoms with Crippen LogP contribution in [0.4, 0.5) is 0 Å². The van der Waals surface area contributed by atoms with Crippen molar-refractivity contribution in [2.24, 2.45) is 0 Å². The maximum atomic E-state index is 9.36. The molecule has 1 rings (SSSR count). The summed E-state index contributed by atoms with van der Waals surface area (Å²) in [5.74, 6) is 0.156. The molecular formula is C13H18O2. The smallest absolute Gasteiger partial charge is 0.121 e. The number of hydrogen-bond acceptors (Lipinski definition) is 2. The molecule has 0 saturated carbocycles. The minimum atomic E-state index is -0.123. The highest BCUT2D eigenvalue weighted by molar-refractivity contribution is 5.52. The van der Waals surface area contributed by atoms with E-state index in [9.17, 15) is 5.11 Å². The number of aliphatic hydroxyl groups is 1. The van der Waals surface area contributed by atoms with Crippen molar-refractivity contribution in [1.29, 1.82) is 0 Å². The molecule has 0 bridgehead atoms. The Morgan fingerprint density at radius 2 is 2.13 bits per heavy atom. The fraction of sp³-hybridized carbons (Fsp3) is 0.385. The van der Waals surface area contributed by atoms with Crippen molar-refractivity contribution in [3.05, 3.63) is 35.4 Å². The van der Waals surface area contributed by atoms with Gasteiger partial charge in [-0.2, -0.15) is 0 Å². The molecule has 2 heteroatoms. The first-order chi connectivity index (χ1) is 7.27. The molecular weight excluding hydrogens is 188 g/mol. The van der Waals surface area contributed by atoms with E-state index in [2.05, 4.69) is 13.0 Å². The van der Waals surface area contributed by atoms with Gasteiger partial charge < -0.3 is 10.2 Å². The molecule has 0 aliphatic heterocycles. The standard InChI is InChI=1S/C13H18O2/c1-2-3-4-5-6-11-7-8-13(15)12(9-11)10-14/h5-9,14-15H,2-4,10H2,1H3/b6-5+. The van der Waals surface area contributed by atoms with Crippen LogP contribution >= 0.6 is 0 Å². The highest BCUT2D eigenvalue weighted by Gasteiger charge is 1.98. The molecule has 2 nitrogen and oxygen atoms in total. The Kier molecular flexibility index (Phi) is 4.91. The van der Waals surface area contributed by atoms with Crippen molar-refractivity contribution in [2.75, 3.05) is 0 Å². The summed E-state index contributed by atoms with van der Waals surface area (Å²) < 4.78 is 0. The summed E-state index contributed by atoms with van der Waals surface area (Å²) in [5.41, 5.74) is 1.60. The van der Waals surface area contributed by atoms with E-state index in [1.54, 1.807) is 12.1 Å². The van der Waals surface area contributed by atoms with Crippen molar-refractivity contribution in [3.63, 3.8) is 0 Å². The van der Waals surface area contributed by atoms with Crippen LogP contribution in [0.5, 0.6) is 5.75 Å². The van der Waals surface area contributed by atoms with Crippen molar-refractivity contribution < 1.29 is 10.2 Å². The molecule has 0 saturated heterocycles. The van der Waals surface area contributed by atoms with Crippen LogP contribution < -0.4 is 0 Å². The number of hydrogen-bond donors (Lipinski definition) is 2. The summed E-state index contributed by atoms with van der Waals surface area (Å²) in [5, 5.41) is 18.3. The molecule has 0 spiro atoms. The first kappa shape index (κ1) is 11.8. The van der Waals surface area contributed by atoms with Crippen LogP contribution in [-0.4, -0.2) is 10.2 Å². The van der Waals surface area contributed by atoms with E-state index < -0.39 is 0 Å². The van der Waals surface area contributed by atoms with Crippen LogP contribution in [0, 0.1) is 0 Å². The van der Waals surface area contributed by atoms with Gasteiger partial charge in [0, 0.05) is 5.56 Å². The summed E-state index contributed by atoms with van der Waals surface area (Å²) >= 11 is 0. The molecule has 2 N–H and O–H groups in total. The molecule has 1 aromatic rings. The SMILES string of the molecule is CCCC/C=C/c1ccc(O)c(CO)c1. The molecule has 0 fully saturated rings. The number of rotatable bonds is 5. The zero-order valence-electron chi connectivity index (χ0n) is 9.11. The molecule has 0 atom stereocenters. The predicted octanol–water partition coefficient (Wildman–Crippen LogP) is 3.09. The first-order valence-corrected chi connectivity index (χ1v) is 5.37. The van der Waals surface area contributed by atoms with Crippen LogP contribution in [0.1, 0.15) is 37.3 Å². The Bertz CT molecular complexity index is 329. The molecule has 0 radical (unpaired) electrons. The summed E-state index contributed by atoms with van der Waals surface area (Å²) in [4.78, 5) is 0. The van der Waals surface area contributed by atoms with Gasteiger partial charge in [-0.05, 0) is 24.1 Å². The van der Waals surface area contributed by atoms with Gasteiger partial charge in [0.05, 0.1) is 6.61 Å². The zero-order valence-corrected chi connectivity index (χ0v) is 9.11. The molecule has 0 unspecified atom stereocenters. The predicted molar refractivity (Wildman–Crippen MR) is 62.6 cm³/mol. The van der Waals surface area contributed by atoms with Gasteiger partial charge in [0.25, 0.3) is 0 Å². The molecule has 0 amide bonds. The highest BCUT2D eigenvalue weighted by atomic mass is 16.3. The van der Waals surface area contributed by atoms with Gasteiger partial charge in [-0.3, -0.25) is 0 Å². The van der Waals surface area contributed by atoms with Crippen molar-refractivity contribution >= 4 is 6.08 Å².